The van der Waals surface area contributed by atoms with Crippen LogP contribution >= 0.6 is 0 Å². The maximum absolute atomic E-state index is 12.2. The third-order valence-corrected chi connectivity index (χ3v) is 5.67. The molecule has 12 heteroatoms. The van der Waals surface area contributed by atoms with Crippen LogP contribution in [0.25, 0.3) is 0 Å². The number of phenolic OH excluding ortho intramolecular Hbond substituents is 1. The van der Waals surface area contributed by atoms with Gasteiger partial charge >= 0.3 is 11.9 Å². The first kappa shape index (κ1) is 28.0. The topological polar surface area (TPSA) is 175 Å². The molecule has 0 spiro atoms. The second kappa shape index (κ2) is 13.6. The van der Waals surface area contributed by atoms with Crippen molar-refractivity contribution >= 4 is 41.0 Å². The number of nitrogens with one attached hydrogen (secondary N) is 1. The van der Waals surface area contributed by atoms with Crippen LogP contribution in [0, 0.1) is 0 Å². The van der Waals surface area contributed by atoms with Gasteiger partial charge in [-0.2, -0.15) is 5.11 Å². The molecule has 1 fully saturated rings. The van der Waals surface area contributed by atoms with Gasteiger partial charge in [0.1, 0.15) is 11.4 Å². The lowest BCUT2D eigenvalue weighted by atomic mass is 10.1. The molecule has 0 saturated carbocycles. The van der Waals surface area contributed by atoms with Crippen LogP contribution in [-0.2, 0) is 30.4 Å². The number of hydrogen-bond donors (Lipinski definition) is 3. The summed E-state index contributed by atoms with van der Waals surface area (Å²) >= 11 is 0. The normalized spacial score (nSPS) is 13.2. The van der Waals surface area contributed by atoms with E-state index in [4.69, 9.17) is 4.84 Å². The van der Waals surface area contributed by atoms with Crippen molar-refractivity contribution in [1.29, 1.82) is 0 Å². The van der Waals surface area contributed by atoms with Crippen molar-refractivity contribution in [2.75, 3.05) is 6.54 Å². The highest BCUT2D eigenvalue weighted by molar-refractivity contribution is 6.01. The average Bonchev–Trinajstić information content (AvgIpc) is 3.21. The van der Waals surface area contributed by atoms with Crippen LogP contribution in [0.4, 0.5) is 11.4 Å². The number of aromatic hydroxyl groups is 1. The van der Waals surface area contributed by atoms with Crippen molar-refractivity contribution in [3.05, 3.63) is 53.6 Å². The Morgan fingerprint density at radius 1 is 0.947 bits per heavy atom. The van der Waals surface area contributed by atoms with Crippen LogP contribution < -0.4 is 5.32 Å². The molecule has 0 bridgehead atoms. The first-order valence-electron chi connectivity index (χ1n) is 12.1. The van der Waals surface area contributed by atoms with Gasteiger partial charge in [-0.05, 0) is 55.2 Å². The van der Waals surface area contributed by atoms with Crippen LogP contribution in [0.2, 0.25) is 0 Å². The molecule has 0 aliphatic carbocycles. The van der Waals surface area contributed by atoms with E-state index in [0.29, 0.717) is 42.1 Å². The van der Waals surface area contributed by atoms with Gasteiger partial charge in [0, 0.05) is 32.2 Å². The Morgan fingerprint density at radius 3 is 2.42 bits per heavy atom. The van der Waals surface area contributed by atoms with Gasteiger partial charge in [0.2, 0.25) is 5.91 Å². The summed E-state index contributed by atoms with van der Waals surface area (Å²) < 4.78 is 0. The largest absolute Gasteiger partial charge is 0.508 e. The van der Waals surface area contributed by atoms with E-state index in [1.807, 2.05) is 0 Å². The van der Waals surface area contributed by atoms with Crippen molar-refractivity contribution in [2.45, 2.75) is 51.4 Å². The molecule has 200 valence electrons. The molecule has 0 aromatic heterocycles. The number of rotatable bonds is 13. The first-order valence-corrected chi connectivity index (χ1v) is 12.1. The summed E-state index contributed by atoms with van der Waals surface area (Å²) in [4.78, 5) is 62.9. The molecule has 0 radical (unpaired) electrons. The molecule has 0 unspecified atom stereocenters. The van der Waals surface area contributed by atoms with E-state index >= 15 is 0 Å². The Balaban J connectivity index is 1.37. The monoisotopic (exact) mass is 524 g/mol. The van der Waals surface area contributed by atoms with Crippen LogP contribution in [0.15, 0.2) is 52.7 Å². The van der Waals surface area contributed by atoms with Crippen molar-refractivity contribution in [3.8, 4) is 5.75 Å². The number of carboxylic acids is 1. The highest BCUT2D eigenvalue weighted by atomic mass is 16.7. The van der Waals surface area contributed by atoms with E-state index < -0.39 is 23.8 Å². The van der Waals surface area contributed by atoms with Crippen molar-refractivity contribution in [3.63, 3.8) is 0 Å². The average molecular weight is 525 g/mol. The van der Waals surface area contributed by atoms with Gasteiger partial charge < -0.3 is 20.4 Å². The summed E-state index contributed by atoms with van der Waals surface area (Å²) in [5.41, 5.74) is 1.11. The zero-order chi connectivity index (χ0) is 27.5. The number of carbonyl (C=O) groups is 5. The summed E-state index contributed by atoms with van der Waals surface area (Å²) in [6.07, 6.45) is 2.27. The summed E-state index contributed by atoms with van der Waals surface area (Å²) in [6, 6.07) is 10.7. The van der Waals surface area contributed by atoms with E-state index in [1.165, 1.54) is 24.3 Å². The van der Waals surface area contributed by atoms with E-state index in [2.05, 4.69) is 15.5 Å². The Morgan fingerprint density at radius 2 is 1.68 bits per heavy atom. The highest BCUT2D eigenvalue weighted by Crippen LogP contribution is 2.27. The number of aryl methyl sites for hydroxylation is 1. The Labute approximate surface area is 218 Å². The standard InChI is InChI=1S/C26H28N4O8/c31-21-11-10-18(28-29-20-7-4-3-6-19(20)26(36)37)16-17(21)9-12-22(32)27-15-5-1-2-8-25(35)38-30-23(33)13-14-24(30)34/h3-4,6-7,10-11,16,31H,1-2,5,8-9,12-15H2,(H,27,32)(H,36,37)/b29-28+. The minimum Gasteiger partial charge on any atom is -0.508 e. The molecule has 1 aliphatic rings. The maximum Gasteiger partial charge on any atom is 0.337 e. The van der Waals surface area contributed by atoms with Crippen LogP contribution in [0.5, 0.6) is 5.75 Å². The molecule has 38 heavy (non-hydrogen) atoms. The fourth-order valence-corrected chi connectivity index (χ4v) is 3.63. The number of phenols is 1. The summed E-state index contributed by atoms with van der Waals surface area (Å²) in [5.74, 6) is -3.00. The summed E-state index contributed by atoms with van der Waals surface area (Å²) in [7, 11) is 0. The van der Waals surface area contributed by atoms with Gasteiger partial charge in [0.05, 0.1) is 11.3 Å². The molecule has 3 amide bonds. The zero-order valence-electron chi connectivity index (χ0n) is 20.6. The minimum atomic E-state index is -1.12. The number of hydroxylamine groups is 2. The minimum absolute atomic E-state index is 0.00639. The molecule has 0 atom stereocenters. The second-order valence-corrected chi connectivity index (χ2v) is 8.54. The molecule has 1 heterocycles. The number of amides is 3. The molecule has 2 aromatic rings. The van der Waals surface area contributed by atoms with Crippen LogP contribution in [0.1, 0.15) is 60.9 Å². The van der Waals surface area contributed by atoms with Gasteiger partial charge in [0.25, 0.3) is 11.8 Å². The zero-order valence-corrected chi connectivity index (χ0v) is 20.6. The first-order chi connectivity index (χ1) is 18.2. The van der Waals surface area contributed by atoms with E-state index in [-0.39, 0.29) is 55.0 Å². The Kier molecular flexibility index (Phi) is 10.0. The highest BCUT2D eigenvalue weighted by Gasteiger charge is 2.32. The molecule has 1 saturated heterocycles. The quantitative estimate of drug-likeness (QED) is 0.202. The Bertz CT molecular complexity index is 1230. The number of unbranched alkanes of at least 4 members (excludes halogenated alkanes) is 2. The SMILES string of the molecule is O=C(CCc1cc(/N=N/c2ccccc2C(=O)O)ccc1O)NCCCCCC(=O)ON1C(=O)CCC1=O. The fraction of sp³-hybridized carbons (Fsp3) is 0.346. The van der Waals surface area contributed by atoms with Crippen molar-refractivity contribution in [1.82, 2.24) is 10.4 Å². The third-order valence-electron chi connectivity index (χ3n) is 5.67. The van der Waals surface area contributed by atoms with Crippen molar-refractivity contribution < 1.29 is 39.0 Å². The van der Waals surface area contributed by atoms with Crippen LogP contribution in [0.3, 0.4) is 0 Å². The number of azo groups is 1. The molecular weight excluding hydrogens is 496 g/mol. The second-order valence-electron chi connectivity index (χ2n) is 8.54. The van der Waals surface area contributed by atoms with E-state index in [0.717, 1.165) is 0 Å². The Hall–Kier alpha value is -4.61. The van der Waals surface area contributed by atoms with Gasteiger partial charge in [-0.25, -0.2) is 9.59 Å². The number of carboxylic acid groups (broad SMARTS) is 1. The lowest BCUT2D eigenvalue weighted by Gasteiger charge is -2.12. The lowest BCUT2D eigenvalue weighted by Crippen LogP contribution is -2.31. The summed E-state index contributed by atoms with van der Waals surface area (Å²) in [6.45, 7) is 0.403. The lowest BCUT2D eigenvalue weighted by molar-refractivity contribution is -0.197. The molecule has 2 aromatic carbocycles. The van der Waals surface area contributed by atoms with E-state index in [1.54, 1.807) is 18.2 Å². The van der Waals surface area contributed by atoms with E-state index in [9.17, 15) is 34.2 Å². The molecule has 1 aliphatic heterocycles. The van der Waals surface area contributed by atoms with Crippen molar-refractivity contribution in [2.24, 2.45) is 10.2 Å². The molecular formula is C26H28N4O8. The number of benzene rings is 2. The number of carbonyl (C=O) groups excluding carboxylic acids is 4. The molecule has 3 N–H and O–H groups in total. The van der Waals surface area contributed by atoms with Gasteiger partial charge in [0.15, 0.2) is 0 Å². The van der Waals surface area contributed by atoms with Gasteiger partial charge in [-0.1, -0.05) is 18.6 Å². The third kappa shape index (κ3) is 8.22. The predicted octanol–water partition coefficient (Wildman–Crippen LogP) is 3.72. The van der Waals surface area contributed by atoms with Crippen LogP contribution in [-0.4, -0.2) is 51.5 Å². The molecule has 12 nitrogen and oxygen atoms in total. The fourth-order valence-electron chi connectivity index (χ4n) is 3.63. The molecule has 3 rings (SSSR count). The van der Waals surface area contributed by atoms with Gasteiger partial charge in [-0.15, -0.1) is 10.2 Å². The number of imide groups is 1. The number of hydrogen-bond acceptors (Lipinski definition) is 9. The smallest absolute Gasteiger partial charge is 0.337 e. The summed E-state index contributed by atoms with van der Waals surface area (Å²) in [5, 5.41) is 30.7. The number of aromatic carboxylic acids is 1. The maximum atomic E-state index is 12.2. The number of nitrogens with zero attached hydrogens (tertiary/aromatic N) is 3. The van der Waals surface area contributed by atoms with Gasteiger partial charge in [-0.3, -0.25) is 14.4 Å². The predicted molar refractivity (Wildman–Crippen MR) is 133 cm³/mol.